The van der Waals surface area contributed by atoms with E-state index in [4.69, 9.17) is 10.5 Å². The minimum atomic E-state index is -2.76. The van der Waals surface area contributed by atoms with Crippen LogP contribution in [0.15, 0.2) is 0 Å². The van der Waals surface area contributed by atoms with Crippen LogP contribution in [-0.2, 0) is 4.74 Å². The Hall–Kier alpha value is 0.0700. The average Bonchev–Trinajstić information content (AvgIpc) is 2.78. The Labute approximate surface area is 101 Å². The summed E-state index contributed by atoms with van der Waals surface area (Å²) in [5.41, 5.74) is 4.98. The molecule has 5 heteroatoms. The number of alkyl halides is 2. The quantitative estimate of drug-likeness (QED) is 0.842. The molecule has 2 fully saturated rings. The molecule has 0 aromatic carbocycles. The molecular weight excluding hydrogens is 236 g/mol. The van der Waals surface area contributed by atoms with Gasteiger partial charge in [-0.25, -0.2) is 8.78 Å². The van der Waals surface area contributed by atoms with E-state index >= 15 is 0 Å². The fourth-order valence-electron chi connectivity index (χ4n) is 2.84. The summed E-state index contributed by atoms with van der Waals surface area (Å²) in [6.45, 7) is -0.570. The molecule has 0 aromatic heterocycles. The molecule has 0 bridgehead atoms. The standard InChI is InChI=1S/C11H19F2NO.ClH/c12-11(13,8-14)7-9-3-6-10(15-9)4-1-2-5-10;/h9H,1-8,14H2;1H. The van der Waals surface area contributed by atoms with Crippen molar-refractivity contribution in [2.45, 2.75) is 62.6 Å². The van der Waals surface area contributed by atoms with Crippen molar-refractivity contribution in [3.05, 3.63) is 0 Å². The van der Waals surface area contributed by atoms with E-state index in [-0.39, 0.29) is 30.5 Å². The zero-order chi connectivity index (χ0) is 10.9. The number of rotatable bonds is 3. The summed E-state index contributed by atoms with van der Waals surface area (Å²) in [6, 6.07) is 0. The monoisotopic (exact) mass is 255 g/mol. The minimum absolute atomic E-state index is 0. The van der Waals surface area contributed by atoms with Gasteiger partial charge in [0.2, 0.25) is 0 Å². The maximum atomic E-state index is 13.1. The van der Waals surface area contributed by atoms with Gasteiger partial charge in [-0.2, -0.15) is 0 Å². The second-order valence-corrected chi connectivity index (χ2v) is 4.93. The van der Waals surface area contributed by atoms with Crippen LogP contribution in [0.5, 0.6) is 0 Å². The Morgan fingerprint density at radius 2 is 1.88 bits per heavy atom. The van der Waals surface area contributed by atoms with Gasteiger partial charge in [0, 0.05) is 6.42 Å². The summed E-state index contributed by atoms with van der Waals surface area (Å²) in [6.07, 6.45) is 5.72. The molecule has 1 aliphatic heterocycles. The molecule has 1 saturated carbocycles. The predicted octanol–water partition coefficient (Wildman–Crippen LogP) is 2.88. The lowest BCUT2D eigenvalue weighted by atomic mass is 9.97. The molecule has 2 nitrogen and oxygen atoms in total. The lowest BCUT2D eigenvalue weighted by Crippen LogP contribution is -2.33. The highest BCUT2D eigenvalue weighted by Gasteiger charge is 2.44. The van der Waals surface area contributed by atoms with Gasteiger partial charge in [0.1, 0.15) is 0 Å². The Morgan fingerprint density at radius 3 is 2.44 bits per heavy atom. The number of hydrogen-bond donors (Lipinski definition) is 1. The van der Waals surface area contributed by atoms with Crippen LogP contribution < -0.4 is 5.73 Å². The molecular formula is C11H20ClF2NO. The van der Waals surface area contributed by atoms with Crippen LogP contribution in [0.1, 0.15) is 44.9 Å². The van der Waals surface area contributed by atoms with Gasteiger partial charge < -0.3 is 10.5 Å². The first kappa shape index (κ1) is 14.1. The van der Waals surface area contributed by atoms with E-state index in [1.807, 2.05) is 0 Å². The number of hydrogen-bond acceptors (Lipinski definition) is 2. The van der Waals surface area contributed by atoms with Crippen LogP contribution in [-0.4, -0.2) is 24.2 Å². The van der Waals surface area contributed by atoms with E-state index in [1.165, 1.54) is 12.8 Å². The molecule has 2 N–H and O–H groups in total. The van der Waals surface area contributed by atoms with E-state index < -0.39 is 12.5 Å². The molecule has 1 spiro atoms. The zero-order valence-electron chi connectivity index (χ0n) is 9.38. The van der Waals surface area contributed by atoms with Gasteiger partial charge in [-0.15, -0.1) is 12.4 Å². The fraction of sp³-hybridized carbons (Fsp3) is 1.00. The van der Waals surface area contributed by atoms with Gasteiger partial charge in [0.05, 0.1) is 18.2 Å². The zero-order valence-corrected chi connectivity index (χ0v) is 10.2. The Bertz CT molecular complexity index is 232. The van der Waals surface area contributed by atoms with Crippen molar-refractivity contribution in [2.75, 3.05) is 6.54 Å². The first-order valence-corrected chi connectivity index (χ1v) is 5.81. The second kappa shape index (κ2) is 5.15. The van der Waals surface area contributed by atoms with Crippen molar-refractivity contribution in [2.24, 2.45) is 5.73 Å². The predicted molar refractivity (Wildman–Crippen MR) is 61.2 cm³/mol. The van der Waals surface area contributed by atoms with Gasteiger partial charge in [-0.05, 0) is 25.7 Å². The molecule has 1 heterocycles. The van der Waals surface area contributed by atoms with Crippen molar-refractivity contribution >= 4 is 12.4 Å². The summed E-state index contributed by atoms with van der Waals surface area (Å²) in [5.74, 6) is -2.76. The van der Waals surface area contributed by atoms with Crippen LogP contribution in [0.3, 0.4) is 0 Å². The Kier molecular flexibility index (Phi) is 4.55. The van der Waals surface area contributed by atoms with Crippen LogP contribution >= 0.6 is 12.4 Å². The lowest BCUT2D eigenvalue weighted by Gasteiger charge is -2.25. The molecule has 1 saturated heterocycles. The number of nitrogens with two attached hydrogens (primary N) is 1. The van der Waals surface area contributed by atoms with Gasteiger partial charge >= 0.3 is 0 Å². The van der Waals surface area contributed by atoms with E-state index in [9.17, 15) is 8.78 Å². The molecule has 96 valence electrons. The summed E-state index contributed by atoms with van der Waals surface area (Å²) in [4.78, 5) is 0. The highest BCUT2D eigenvalue weighted by molar-refractivity contribution is 5.85. The number of halogens is 3. The summed E-state index contributed by atoms with van der Waals surface area (Å²) < 4.78 is 32.0. The first-order valence-electron chi connectivity index (χ1n) is 5.81. The fourth-order valence-corrected chi connectivity index (χ4v) is 2.84. The third-order valence-electron chi connectivity index (χ3n) is 3.68. The summed E-state index contributed by atoms with van der Waals surface area (Å²) >= 11 is 0. The largest absolute Gasteiger partial charge is 0.372 e. The van der Waals surface area contributed by atoms with Crippen LogP contribution in [0.25, 0.3) is 0 Å². The van der Waals surface area contributed by atoms with Crippen LogP contribution in [0.4, 0.5) is 8.78 Å². The molecule has 0 amide bonds. The maximum absolute atomic E-state index is 13.1. The SMILES string of the molecule is Cl.NCC(F)(F)CC1CCC2(CCCC2)O1. The Morgan fingerprint density at radius 1 is 1.25 bits per heavy atom. The van der Waals surface area contributed by atoms with E-state index in [2.05, 4.69) is 0 Å². The van der Waals surface area contributed by atoms with Gasteiger partial charge in [-0.1, -0.05) is 12.8 Å². The molecule has 16 heavy (non-hydrogen) atoms. The third kappa shape index (κ3) is 3.05. The average molecular weight is 256 g/mol. The highest BCUT2D eigenvalue weighted by atomic mass is 35.5. The van der Waals surface area contributed by atoms with Crippen LogP contribution in [0.2, 0.25) is 0 Å². The number of ether oxygens (including phenoxy) is 1. The smallest absolute Gasteiger partial charge is 0.262 e. The molecule has 2 rings (SSSR count). The van der Waals surface area contributed by atoms with Crippen molar-refractivity contribution < 1.29 is 13.5 Å². The van der Waals surface area contributed by atoms with E-state index in [1.54, 1.807) is 0 Å². The Balaban J connectivity index is 0.00000128. The second-order valence-electron chi connectivity index (χ2n) is 4.93. The molecule has 1 atom stereocenters. The summed E-state index contributed by atoms with van der Waals surface area (Å²) in [7, 11) is 0. The van der Waals surface area contributed by atoms with E-state index in [0.717, 1.165) is 25.7 Å². The summed E-state index contributed by atoms with van der Waals surface area (Å²) in [5, 5.41) is 0. The van der Waals surface area contributed by atoms with Crippen molar-refractivity contribution in [3.63, 3.8) is 0 Å². The third-order valence-corrected chi connectivity index (χ3v) is 3.68. The normalized spacial score (nSPS) is 28.3. The minimum Gasteiger partial charge on any atom is -0.372 e. The van der Waals surface area contributed by atoms with Gasteiger partial charge in [0.15, 0.2) is 0 Å². The molecule has 2 aliphatic rings. The maximum Gasteiger partial charge on any atom is 0.262 e. The molecule has 1 aliphatic carbocycles. The van der Waals surface area contributed by atoms with Crippen molar-refractivity contribution in [1.29, 1.82) is 0 Å². The first-order chi connectivity index (χ1) is 7.05. The van der Waals surface area contributed by atoms with Crippen molar-refractivity contribution in [1.82, 2.24) is 0 Å². The lowest BCUT2D eigenvalue weighted by molar-refractivity contribution is -0.0874. The van der Waals surface area contributed by atoms with Gasteiger partial charge in [0.25, 0.3) is 5.92 Å². The van der Waals surface area contributed by atoms with Gasteiger partial charge in [-0.3, -0.25) is 0 Å². The van der Waals surface area contributed by atoms with Crippen molar-refractivity contribution in [3.8, 4) is 0 Å². The molecule has 1 unspecified atom stereocenters. The molecule has 0 radical (unpaired) electrons. The van der Waals surface area contributed by atoms with Crippen LogP contribution in [0, 0.1) is 0 Å². The molecule has 0 aromatic rings. The highest BCUT2D eigenvalue weighted by Crippen LogP contribution is 2.45. The topological polar surface area (TPSA) is 35.2 Å². The van der Waals surface area contributed by atoms with E-state index in [0.29, 0.717) is 0 Å².